The number of nitrogens with zero attached hydrogens (tertiary/aromatic N) is 5. The quantitative estimate of drug-likeness (QED) is 0.111. The third kappa shape index (κ3) is 6.95. The van der Waals surface area contributed by atoms with E-state index in [4.69, 9.17) is 10.5 Å². The monoisotopic (exact) mass is 563 g/mol. The van der Waals surface area contributed by atoms with E-state index in [0.29, 0.717) is 10.7 Å². The fourth-order valence-electron chi connectivity index (χ4n) is 3.13. The summed E-state index contributed by atoms with van der Waals surface area (Å²) in [6, 6.07) is -1.24. The molecule has 3 atom stereocenters. The van der Waals surface area contributed by atoms with Crippen LogP contribution in [0.4, 0.5) is 0 Å². The zero-order chi connectivity index (χ0) is 24.3. The Bertz CT molecular complexity index is 1010. The number of nitrogens with one attached hydrogen (secondary N) is 1. The summed E-state index contributed by atoms with van der Waals surface area (Å²) in [7, 11) is 2.87. The molecule has 0 spiro atoms. The van der Waals surface area contributed by atoms with Crippen molar-refractivity contribution in [3.8, 4) is 0 Å². The largest absolute Gasteiger partial charge is 1.00 e. The van der Waals surface area contributed by atoms with E-state index >= 15 is 0 Å². The van der Waals surface area contributed by atoms with E-state index in [1.807, 2.05) is 0 Å². The molecule has 2 aliphatic rings. The Balaban J connectivity index is 0.00000306. The van der Waals surface area contributed by atoms with Crippen molar-refractivity contribution in [2.24, 2.45) is 12.8 Å². The van der Waals surface area contributed by atoms with Crippen LogP contribution < -0.4 is 80.4 Å². The van der Waals surface area contributed by atoms with Crippen molar-refractivity contribution in [3.63, 3.8) is 0 Å². The van der Waals surface area contributed by atoms with Gasteiger partial charge in [-0.2, -0.15) is 11.8 Å². The van der Waals surface area contributed by atoms with Gasteiger partial charge in [0.15, 0.2) is 0 Å². The van der Waals surface area contributed by atoms with E-state index in [2.05, 4.69) is 20.8 Å². The maximum atomic E-state index is 13.0. The summed E-state index contributed by atoms with van der Waals surface area (Å²) in [6.45, 7) is 0. The Hall–Kier alpha value is -0.340. The predicted molar refractivity (Wildman–Crippen MR) is 113 cm³/mol. The van der Waals surface area contributed by atoms with E-state index in [-0.39, 0.29) is 87.8 Å². The molecule has 3 heterocycles. The Labute approximate surface area is 256 Å². The molecule has 0 aromatic carbocycles. The third-order valence-corrected chi connectivity index (χ3v) is 8.27. The second-order valence-electron chi connectivity index (χ2n) is 6.88. The second kappa shape index (κ2) is 14.0. The number of thioether (sulfide) groups is 3. The van der Waals surface area contributed by atoms with Crippen LogP contribution in [0.3, 0.4) is 0 Å². The molecular weight excluding hydrogens is 544 g/mol. The molecule has 3 unspecified atom stereocenters. The summed E-state index contributed by atoms with van der Waals surface area (Å²) < 4.78 is 6.77. The predicted octanol–water partition coefficient (Wildman–Crippen LogP) is -10.5. The fraction of sp³-hybridized carbons (Fsp3) is 0.562. The van der Waals surface area contributed by atoms with Crippen LogP contribution >= 0.6 is 35.3 Å². The second-order valence-corrected chi connectivity index (χ2v) is 9.92. The van der Waals surface area contributed by atoms with Gasteiger partial charge in [0, 0.05) is 31.4 Å². The van der Waals surface area contributed by atoms with Crippen molar-refractivity contribution in [1.82, 2.24) is 30.4 Å². The van der Waals surface area contributed by atoms with Crippen molar-refractivity contribution in [2.75, 3.05) is 30.1 Å². The van der Waals surface area contributed by atoms with Gasteiger partial charge in [-0.3, -0.25) is 14.5 Å². The summed E-state index contributed by atoms with van der Waals surface area (Å²) >= 11 is 3.38. The normalized spacial score (nSPS) is 21.7. The molecule has 1 fully saturated rings. The Morgan fingerprint density at radius 1 is 1.37 bits per heavy atom. The number of aromatic nitrogens is 4. The average molecular weight is 564 g/mol. The first kappa shape index (κ1) is 32.7. The number of ether oxygens (including phenoxy) is 1. The molecule has 2 aliphatic heterocycles. The van der Waals surface area contributed by atoms with Gasteiger partial charge in [-0.05, 0) is 16.0 Å². The number of hydrogen-bond donors (Lipinski definition) is 2. The van der Waals surface area contributed by atoms with Gasteiger partial charge >= 0.3 is 59.1 Å². The minimum Gasteiger partial charge on any atom is -0.548 e. The van der Waals surface area contributed by atoms with Gasteiger partial charge in [-0.25, -0.2) is 4.68 Å². The Kier molecular flexibility index (Phi) is 13.1. The number of aryl methyl sites for hydroxylation is 1. The van der Waals surface area contributed by atoms with Gasteiger partial charge < -0.3 is 35.6 Å². The molecule has 0 saturated carbocycles. The van der Waals surface area contributed by atoms with Gasteiger partial charge in [0.25, 0.3) is 11.6 Å². The van der Waals surface area contributed by atoms with Crippen molar-refractivity contribution in [3.05, 3.63) is 11.3 Å². The zero-order valence-corrected chi connectivity index (χ0v) is 25.8. The molecule has 0 bridgehead atoms. The van der Waals surface area contributed by atoms with Crippen molar-refractivity contribution in [1.29, 1.82) is 0 Å². The van der Waals surface area contributed by atoms with Gasteiger partial charge in [-0.1, -0.05) is 11.8 Å². The molecule has 1 aromatic rings. The third-order valence-electron chi connectivity index (χ3n) is 4.74. The van der Waals surface area contributed by atoms with E-state index in [0.717, 1.165) is 16.7 Å². The van der Waals surface area contributed by atoms with Gasteiger partial charge in [0.2, 0.25) is 11.1 Å². The summed E-state index contributed by atoms with van der Waals surface area (Å²) in [5, 5.41) is 35.7. The van der Waals surface area contributed by atoms with Crippen LogP contribution in [0.25, 0.3) is 0 Å². The number of carboxylic acid groups (broad SMARTS) is 2. The molecule has 1 saturated heterocycles. The van der Waals surface area contributed by atoms with E-state index in [9.17, 15) is 29.4 Å². The molecule has 180 valence electrons. The molecule has 3 rings (SSSR count). The number of carboxylic acids is 2. The fourth-order valence-corrected chi connectivity index (χ4v) is 6.32. The van der Waals surface area contributed by atoms with E-state index in [1.165, 1.54) is 35.3 Å². The SMILES string of the molecule is COC1(NC(=O)CSCC(N)C(=O)[O-])C(=O)N2C(C(=O)[O-])=C(CSc3nnnn3C)CSC21.[Na+].[Na+]. The van der Waals surface area contributed by atoms with Crippen LogP contribution in [-0.4, -0.2) is 96.1 Å². The smallest absolute Gasteiger partial charge is 0.548 e. The number of aliphatic carboxylic acids is 2. The van der Waals surface area contributed by atoms with Crippen LogP contribution in [0.15, 0.2) is 16.4 Å². The number of rotatable bonds is 11. The molecule has 19 heteroatoms. The number of hydrogen-bond acceptors (Lipinski definition) is 14. The number of β-lactam (4-membered cyclic amide) rings is 1. The Morgan fingerprint density at radius 2 is 2.06 bits per heavy atom. The van der Waals surface area contributed by atoms with Crippen LogP contribution in [0.1, 0.15) is 0 Å². The molecule has 0 aliphatic carbocycles. The summed E-state index contributed by atoms with van der Waals surface area (Å²) in [6.07, 6.45) is 0. The molecular formula is C16H19N7Na2O7S3. The van der Waals surface area contributed by atoms with Crippen molar-refractivity contribution < 1.29 is 93.2 Å². The van der Waals surface area contributed by atoms with E-state index in [1.54, 1.807) is 7.05 Å². The van der Waals surface area contributed by atoms with Crippen molar-refractivity contribution >= 4 is 59.0 Å². The number of methoxy groups -OCH3 is 1. The minimum atomic E-state index is -1.76. The molecule has 3 N–H and O–H groups in total. The minimum absolute atomic E-state index is 0. The van der Waals surface area contributed by atoms with Gasteiger partial charge in [-0.15, -0.1) is 16.9 Å². The first-order valence-corrected chi connectivity index (χ1v) is 12.5. The number of carbonyl (C=O) groups excluding carboxylic acids is 4. The molecule has 2 amide bonds. The topological polar surface area (TPSA) is 209 Å². The van der Waals surface area contributed by atoms with Crippen LogP contribution in [-0.2, 0) is 31.0 Å². The number of nitrogens with two attached hydrogens (primary N) is 1. The summed E-state index contributed by atoms with van der Waals surface area (Å²) in [5.41, 5.74) is 3.75. The van der Waals surface area contributed by atoms with Crippen LogP contribution in [0, 0.1) is 0 Å². The first-order valence-electron chi connectivity index (χ1n) is 9.26. The van der Waals surface area contributed by atoms with Gasteiger partial charge in [0.1, 0.15) is 5.37 Å². The van der Waals surface area contributed by atoms with E-state index < -0.39 is 40.9 Å². The molecule has 1 aromatic heterocycles. The number of fused-ring (bicyclic) bond motifs is 1. The number of amides is 2. The van der Waals surface area contributed by atoms with Crippen molar-refractivity contribution in [2.45, 2.75) is 22.3 Å². The first-order chi connectivity index (χ1) is 15.6. The molecule has 35 heavy (non-hydrogen) atoms. The Morgan fingerprint density at radius 3 is 2.60 bits per heavy atom. The average Bonchev–Trinajstić information content (AvgIpc) is 3.19. The zero-order valence-electron chi connectivity index (χ0n) is 19.4. The molecule has 14 nitrogen and oxygen atoms in total. The van der Waals surface area contributed by atoms with Gasteiger partial charge in [0.05, 0.1) is 29.4 Å². The van der Waals surface area contributed by atoms with Crippen LogP contribution in [0.2, 0.25) is 0 Å². The standard InChI is InChI=1S/C16H21N7O7S3.2Na/c1-22-15(19-20-21-22)33-4-7-3-32-14-16(30-2,13(29)23(14)10(7)12(27)28)18-9(24)6-31-5-8(17)11(25)26;;/h8,14H,3-6,17H2,1-2H3,(H,18,24)(H,25,26)(H,27,28);;/q;2*+1/p-2. The maximum Gasteiger partial charge on any atom is 1.00 e. The molecule has 0 radical (unpaired) electrons. The van der Waals surface area contributed by atoms with Crippen LogP contribution in [0.5, 0.6) is 0 Å². The number of tetrazole rings is 1. The maximum absolute atomic E-state index is 13.0. The summed E-state index contributed by atoms with van der Waals surface area (Å²) in [5.74, 6) is -4.12. The summed E-state index contributed by atoms with van der Waals surface area (Å²) in [4.78, 5) is 48.9. The number of carbonyl (C=O) groups is 4.